The minimum atomic E-state index is 0.259. The Morgan fingerprint density at radius 1 is 1.73 bits per heavy atom. The third-order valence-electron chi connectivity index (χ3n) is 1.08. The Balaban J connectivity index is 2.95. The molecule has 0 aliphatic heterocycles. The summed E-state index contributed by atoms with van der Waals surface area (Å²) in [6.45, 7) is 0. The van der Waals surface area contributed by atoms with Crippen LogP contribution in [-0.4, -0.2) is 0 Å². The van der Waals surface area contributed by atoms with Crippen LogP contribution in [0.5, 0.6) is 0 Å². The van der Waals surface area contributed by atoms with Gasteiger partial charge in [0.2, 0.25) is 0 Å². The molecule has 0 bridgehead atoms. The maximum absolute atomic E-state index is 8.22. The summed E-state index contributed by atoms with van der Waals surface area (Å²) in [5.74, 6) is 0.413. The van der Waals surface area contributed by atoms with Crippen LogP contribution in [0.15, 0.2) is 22.6 Å². The summed E-state index contributed by atoms with van der Waals surface area (Å²) in [5.41, 5.74) is 5.68. The molecule has 0 fully saturated rings. The van der Waals surface area contributed by atoms with Crippen LogP contribution < -0.4 is 5.73 Å². The van der Waals surface area contributed by atoms with Gasteiger partial charge in [0, 0.05) is 6.08 Å². The minimum absolute atomic E-state index is 0.259. The van der Waals surface area contributed by atoms with Gasteiger partial charge in [-0.3, -0.25) is 0 Å². The highest BCUT2D eigenvalue weighted by atomic mass is 35.5. The van der Waals surface area contributed by atoms with Crippen LogP contribution in [0.1, 0.15) is 5.76 Å². The van der Waals surface area contributed by atoms with Crippen LogP contribution in [0.2, 0.25) is 5.22 Å². The van der Waals surface area contributed by atoms with E-state index < -0.39 is 0 Å². The molecule has 0 aliphatic carbocycles. The second-order valence-electron chi connectivity index (χ2n) is 1.83. The average molecular weight is 169 g/mol. The molecule has 0 aliphatic rings. The third kappa shape index (κ3) is 1.76. The molecule has 0 unspecified atom stereocenters. The van der Waals surface area contributed by atoms with Crippen molar-refractivity contribution in [3.05, 3.63) is 29.2 Å². The zero-order valence-electron chi connectivity index (χ0n) is 5.54. The first kappa shape index (κ1) is 7.70. The summed E-state index contributed by atoms with van der Waals surface area (Å²) >= 11 is 5.47. The van der Waals surface area contributed by atoms with Gasteiger partial charge in [0.05, 0.1) is 11.8 Å². The van der Waals surface area contributed by atoms with Crippen LogP contribution in [-0.2, 0) is 0 Å². The Bertz CT molecular complexity index is 321. The van der Waals surface area contributed by atoms with E-state index in [1.54, 1.807) is 18.2 Å². The molecule has 0 atom stereocenters. The van der Waals surface area contributed by atoms with Crippen LogP contribution in [0.25, 0.3) is 5.70 Å². The topological polar surface area (TPSA) is 63.0 Å². The molecule has 1 heterocycles. The molecular weight excluding hydrogens is 164 g/mol. The van der Waals surface area contributed by atoms with Crippen LogP contribution >= 0.6 is 11.6 Å². The molecule has 56 valence electrons. The Morgan fingerprint density at radius 2 is 2.45 bits per heavy atom. The van der Waals surface area contributed by atoms with E-state index in [-0.39, 0.29) is 10.9 Å². The molecule has 1 aromatic rings. The van der Waals surface area contributed by atoms with Crippen molar-refractivity contribution in [1.29, 1.82) is 5.26 Å². The summed E-state index contributed by atoms with van der Waals surface area (Å²) in [7, 11) is 0. The van der Waals surface area contributed by atoms with Crippen molar-refractivity contribution in [1.82, 2.24) is 0 Å². The summed E-state index contributed by atoms with van der Waals surface area (Å²) in [6.07, 6.45) is 1.19. The number of nitrogens with two attached hydrogens (primary N) is 1. The van der Waals surface area contributed by atoms with E-state index in [4.69, 9.17) is 27.0 Å². The molecule has 0 saturated heterocycles. The number of rotatable bonds is 1. The quantitative estimate of drug-likeness (QED) is 0.650. The molecule has 0 amide bonds. The summed E-state index contributed by atoms with van der Waals surface area (Å²) < 4.78 is 4.92. The lowest BCUT2D eigenvalue weighted by atomic mass is 10.3. The van der Waals surface area contributed by atoms with Crippen molar-refractivity contribution in [2.75, 3.05) is 0 Å². The van der Waals surface area contributed by atoms with Crippen LogP contribution in [0.4, 0.5) is 0 Å². The highest BCUT2D eigenvalue weighted by molar-refractivity contribution is 6.28. The Hall–Kier alpha value is -1.40. The molecule has 0 spiro atoms. The molecule has 3 nitrogen and oxygen atoms in total. The second kappa shape index (κ2) is 3.13. The fourth-order valence-corrected chi connectivity index (χ4v) is 0.756. The van der Waals surface area contributed by atoms with E-state index in [9.17, 15) is 0 Å². The number of nitriles is 1. The third-order valence-corrected chi connectivity index (χ3v) is 1.28. The van der Waals surface area contributed by atoms with Gasteiger partial charge in [0.15, 0.2) is 11.0 Å². The lowest BCUT2D eigenvalue weighted by molar-refractivity contribution is 0.554. The molecule has 1 aromatic heterocycles. The normalized spacial score (nSPS) is 11.1. The van der Waals surface area contributed by atoms with Gasteiger partial charge >= 0.3 is 0 Å². The predicted octanol–water partition coefficient (Wildman–Crippen LogP) is 1.76. The highest BCUT2D eigenvalue weighted by Gasteiger charge is 2.00. The number of nitrogens with zero attached hydrogens (tertiary/aromatic N) is 1. The van der Waals surface area contributed by atoms with Crippen LogP contribution in [0, 0.1) is 11.3 Å². The number of allylic oxidation sites excluding steroid dienone is 1. The Labute approximate surface area is 68.7 Å². The van der Waals surface area contributed by atoms with Gasteiger partial charge in [0.1, 0.15) is 0 Å². The standard InChI is InChI=1S/C7H5ClN2O/c8-7-2-1-6(11-7)5(10)3-4-9/h1-3H,10H2/b5-3+. The van der Waals surface area contributed by atoms with Gasteiger partial charge in [-0.2, -0.15) is 5.26 Å². The molecule has 0 radical (unpaired) electrons. The Morgan fingerprint density at radius 3 is 2.91 bits per heavy atom. The lowest BCUT2D eigenvalue weighted by Gasteiger charge is -1.90. The largest absolute Gasteiger partial charge is 0.443 e. The van der Waals surface area contributed by atoms with Gasteiger partial charge in [-0.05, 0) is 23.7 Å². The highest BCUT2D eigenvalue weighted by Crippen LogP contribution is 2.16. The molecule has 0 aromatic carbocycles. The van der Waals surface area contributed by atoms with Crippen molar-refractivity contribution in [2.24, 2.45) is 5.73 Å². The summed E-state index contributed by atoms with van der Waals surface area (Å²) in [4.78, 5) is 0. The van der Waals surface area contributed by atoms with Gasteiger partial charge in [-0.25, -0.2) is 0 Å². The minimum Gasteiger partial charge on any atom is -0.443 e. The van der Waals surface area contributed by atoms with E-state index in [1.807, 2.05) is 0 Å². The van der Waals surface area contributed by atoms with E-state index in [0.717, 1.165) is 0 Å². The van der Waals surface area contributed by atoms with Gasteiger partial charge in [-0.15, -0.1) is 0 Å². The predicted molar refractivity (Wildman–Crippen MR) is 41.5 cm³/mol. The van der Waals surface area contributed by atoms with Crippen LogP contribution in [0.3, 0.4) is 0 Å². The number of furan rings is 1. The fourth-order valence-electron chi connectivity index (χ4n) is 0.610. The summed E-state index contributed by atoms with van der Waals surface area (Å²) in [6, 6.07) is 4.95. The monoisotopic (exact) mass is 168 g/mol. The maximum atomic E-state index is 8.22. The van der Waals surface area contributed by atoms with Gasteiger partial charge in [0.25, 0.3) is 0 Å². The molecule has 0 saturated carbocycles. The molecule has 1 rings (SSSR count). The SMILES string of the molecule is N#C/C=C(/N)c1ccc(Cl)o1. The van der Waals surface area contributed by atoms with Crippen molar-refractivity contribution in [3.8, 4) is 6.07 Å². The molecule has 4 heteroatoms. The van der Waals surface area contributed by atoms with E-state index in [0.29, 0.717) is 5.76 Å². The lowest BCUT2D eigenvalue weighted by Crippen LogP contribution is -1.92. The zero-order valence-corrected chi connectivity index (χ0v) is 6.30. The first-order chi connectivity index (χ1) is 5.24. The van der Waals surface area contributed by atoms with Gasteiger partial charge < -0.3 is 10.2 Å². The summed E-state index contributed by atoms with van der Waals surface area (Å²) in [5, 5.41) is 8.48. The average Bonchev–Trinajstić information content (AvgIpc) is 2.36. The maximum Gasteiger partial charge on any atom is 0.194 e. The second-order valence-corrected chi connectivity index (χ2v) is 2.21. The zero-order chi connectivity index (χ0) is 8.27. The molecular formula is C7H5ClN2O. The van der Waals surface area contributed by atoms with Crippen molar-refractivity contribution < 1.29 is 4.42 Å². The molecule has 2 N–H and O–H groups in total. The fraction of sp³-hybridized carbons (Fsp3) is 0. The first-order valence-electron chi connectivity index (χ1n) is 2.85. The number of hydrogen-bond donors (Lipinski definition) is 1. The van der Waals surface area contributed by atoms with Crippen molar-refractivity contribution in [2.45, 2.75) is 0 Å². The molecule has 11 heavy (non-hydrogen) atoms. The number of halogens is 1. The van der Waals surface area contributed by atoms with Gasteiger partial charge in [-0.1, -0.05) is 0 Å². The smallest absolute Gasteiger partial charge is 0.194 e. The Kier molecular flexibility index (Phi) is 2.19. The van der Waals surface area contributed by atoms with Crippen molar-refractivity contribution in [3.63, 3.8) is 0 Å². The first-order valence-corrected chi connectivity index (χ1v) is 3.23. The van der Waals surface area contributed by atoms with E-state index in [2.05, 4.69) is 0 Å². The number of hydrogen-bond acceptors (Lipinski definition) is 3. The van der Waals surface area contributed by atoms with E-state index in [1.165, 1.54) is 6.08 Å². The van der Waals surface area contributed by atoms with E-state index >= 15 is 0 Å². The van der Waals surface area contributed by atoms with Crippen molar-refractivity contribution >= 4 is 17.3 Å².